The van der Waals surface area contributed by atoms with Crippen LogP contribution in [-0.2, 0) is 32.1 Å². The third kappa shape index (κ3) is 14.9. The molecule has 1 aromatic heterocycles. The molecule has 4 atom stereocenters. The molecule has 26 heteroatoms. The van der Waals surface area contributed by atoms with Gasteiger partial charge in [-0.2, -0.15) is 49.0 Å². The van der Waals surface area contributed by atoms with Crippen LogP contribution in [0.1, 0.15) is 77.6 Å². The van der Waals surface area contributed by atoms with Gasteiger partial charge >= 0.3 is 25.5 Å². The van der Waals surface area contributed by atoms with Crippen molar-refractivity contribution in [2.75, 3.05) is 6.54 Å². The maximum absolute atomic E-state index is 15.9. The number of hydrazine groups is 1. The summed E-state index contributed by atoms with van der Waals surface area (Å²) in [5, 5.41) is 22.2. The second kappa shape index (κ2) is 23.4. The summed E-state index contributed by atoms with van der Waals surface area (Å²) < 4.78 is 171. The third-order valence-corrected chi connectivity index (χ3v) is 11.0. The molecule has 0 aliphatic heterocycles. The van der Waals surface area contributed by atoms with Crippen LogP contribution < -0.4 is 27.1 Å². The maximum Gasteiger partial charge on any atom is 0.396 e. The molecule has 0 saturated carbocycles. The van der Waals surface area contributed by atoms with E-state index in [1.807, 2.05) is 16.1 Å². The van der Waals surface area contributed by atoms with E-state index in [9.17, 15) is 68.2 Å². The van der Waals surface area contributed by atoms with Crippen molar-refractivity contribution in [2.45, 2.75) is 117 Å². The zero-order valence-corrected chi connectivity index (χ0v) is 37.8. The molecular formula is C43H51F12N9O5. The number of aliphatic hydroxyl groups is 1. The smallest absolute Gasteiger partial charge is 0.396 e. The fraction of sp³-hybridized carbons (Fsp3) is 0.488. The Morgan fingerprint density at radius 2 is 1.32 bits per heavy atom. The number of aliphatic hydroxyl groups excluding tert-OH is 1. The predicted molar refractivity (Wildman–Crippen MR) is 226 cm³/mol. The monoisotopic (exact) mass is 1000 g/mol. The van der Waals surface area contributed by atoms with E-state index in [1.165, 1.54) is 38.1 Å². The summed E-state index contributed by atoms with van der Waals surface area (Å²) in [6, 6.07) is 0.0615. The van der Waals surface area contributed by atoms with E-state index >= 15 is 8.78 Å². The largest absolute Gasteiger partial charge is 0.404 e. The van der Waals surface area contributed by atoms with Gasteiger partial charge in [-0.3, -0.25) is 24.6 Å². The van der Waals surface area contributed by atoms with Crippen LogP contribution in [0.15, 0.2) is 60.0 Å². The molecule has 7 N–H and O–H groups in total. The van der Waals surface area contributed by atoms with Crippen molar-refractivity contribution < 1.29 is 77.0 Å². The summed E-state index contributed by atoms with van der Waals surface area (Å²) >= 11 is 0. The number of allylic oxidation sites excluding steroid dienone is 1. The summed E-state index contributed by atoms with van der Waals surface area (Å²) in [4.78, 5) is 55.6. The summed E-state index contributed by atoms with van der Waals surface area (Å²) in [6.45, 7) is -3.67. The Labute approximate surface area is 387 Å². The molecule has 0 aliphatic rings. The molecule has 0 spiro atoms. The maximum atomic E-state index is 15.9. The Morgan fingerprint density at radius 3 is 1.75 bits per heavy atom. The molecule has 69 heavy (non-hydrogen) atoms. The highest BCUT2D eigenvalue weighted by Gasteiger charge is 2.57. The quantitative estimate of drug-likeness (QED) is 0.0277. The normalized spacial score (nSPS) is 14.8. The minimum Gasteiger partial charge on any atom is -0.404 e. The lowest BCUT2D eigenvalue weighted by atomic mass is 9.82. The van der Waals surface area contributed by atoms with Gasteiger partial charge in [-0.25, -0.2) is 23.5 Å². The van der Waals surface area contributed by atoms with E-state index in [0.717, 1.165) is 12.4 Å². The number of nitrogens with one attached hydrogen (secondary N) is 4. The van der Waals surface area contributed by atoms with Gasteiger partial charge in [-0.15, -0.1) is 0 Å². The van der Waals surface area contributed by atoms with Crippen LogP contribution >= 0.6 is 0 Å². The molecule has 1 unspecified atom stereocenters. The van der Waals surface area contributed by atoms with E-state index in [2.05, 4.69) is 15.4 Å². The van der Waals surface area contributed by atoms with Crippen LogP contribution in [0.25, 0.3) is 16.7 Å². The number of nitrogens with two attached hydrogens (primary N) is 1. The van der Waals surface area contributed by atoms with Gasteiger partial charge < -0.3 is 26.8 Å². The minimum atomic E-state index is -5.20. The Hall–Kier alpha value is -6.18. The lowest BCUT2D eigenvalue weighted by Crippen LogP contribution is -2.63. The first-order chi connectivity index (χ1) is 31.9. The van der Waals surface area contributed by atoms with Crippen LogP contribution in [0.4, 0.5) is 52.7 Å². The van der Waals surface area contributed by atoms with Gasteiger partial charge in [0.2, 0.25) is 17.7 Å². The van der Waals surface area contributed by atoms with Crippen LogP contribution in [0.3, 0.4) is 0 Å². The molecule has 0 aliphatic carbocycles. The van der Waals surface area contributed by atoms with Gasteiger partial charge in [0.25, 0.3) is 5.91 Å². The molecule has 14 nitrogen and oxygen atoms in total. The first kappa shape index (κ1) is 57.1. The number of benzene rings is 2. The molecule has 2 aromatic carbocycles. The van der Waals surface area contributed by atoms with Gasteiger partial charge in [-0.05, 0) is 62.9 Å². The summed E-state index contributed by atoms with van der Waals surface area (Å²) in [5.74, 6) is -8.15. The average Bonchev–Trinajstić information content (AvgIpc) is 3.76. The standard InChI is InChI=1S/C43H51F12N9O5/c1-7-32(66)60-34(40(3,4)42(50,51)52)36(68)59-30(13-22-9-11-23(12-10-22)26-18-58-64(19-26)39(48)49)31(65)21-63(62-37(69)35(61-33(67)8-2)41(5,6)43(53,54)55)20-27-28(44)14-24(15-29(27)45)25(16-56)17-57-38(46)47/h9-12,14-19,30-31,34-35,38-39,65H,7-8,13,20-21,56H2,1-6H3,(H,59,68)(H,60,66)(H,61,67)(H,62,69)/t30-,31-,34?,35+/m0/s1. The summed E-state index contributed by atoms with van der Waals surface area (Å²) in [6.07, 6.45) is -10.5. The average molecular weight is 1000 g/mol. The molecule has 1 heterocycles. The highest BCUT2D eigenvalue weighted by atomic mass is 19.4. The fourth-order valence-corrected chi connectivity index (χ4v) is 6.42. The van der Waals surface area contributed by atoms with Crippen LogP contribution in [0, 0.1) is 22.5 Å². The Bertz CT molecular complexity index is 2290. The van der Waals surface area contributed by atoms with Crippen molar-refractivity contribution in [3.8, 4) is 11.1 Å². The Kier molecular flexibility index (Phi) is 19.4. The number of nitrogens with zero attached hydrogens (tertiary/aromatic N) is 4. The van der Waals surface area contributed by atoms with Gasteiger partial charge in [-0.1, -0.05) is 38.1 Å². The van der Waals surface area contributed by atoms with E-state index < -0.39 is 138 Å². The molecule has 382 valence electrons. The highest BCUT2D eigenvalue weighted by Crippen LogP contribution is 2.42. The highest BCUT2D eigenvalue weighted by molar-refractivity contribution is 6.09. The first-order valence-electron chi connectivity index (χ1n) is 20.8. The number of alkyl halides is 10. The number of aromatic nitrogens is 2. The van der Waals surface area contributed by atoms with Crippen LogP contribution in [0.2, 0.25) is 0 Å². The van der Waals surface area contributed by atoms with Crippen molar-refractivity contribution in [1.82, 2.24) is 36.2 Å². The molecular weight excluding hydrogens is 951 g/mol. The summed E-state index contributed by atoms with van der Waals surface area (Å²) in [5.41, 5.74) is 0.332. The molecule has 3 rings (SSSR count). The van der Waals surface area contributed by atoms with Gasteiger partial charge in [0.15, 0.2) is 0 Å². The number of carbonyl (C=O) groups excluding carboxylic acids is 4. The Morgan fingerprint density at radius 1 is 0.812 bits per heavy atom. The van der Waals surface area contributed by atoms with E-state index in [4.69, 9.17) is 5.73 Å². The van der Waals surface area contributed by atoms with E-state index in [1.54, 1.807) is 0 Å². The first-order valence-corrected chi connectivity index (χ1v) is 20.8. The number of rotatable bonds is 22. The zero-order valence-electron chi connectivity index (χ0n) is 37.8. The van der Waals surface area contributed by atoms with Crippen molar-refractivity contribution >= 4 is 35.4 Å². The van der Waals surface area contributed by atoms with Gasteiger partial charge in [0.1, 0.15) is 23.7 Å². The van der Waals surface area contributed by atoms with Crippen molar-refractivity contribution in [1.29, 1.82) is 0 Å². The molecule has 0 saturated heterocycles. The zero-order chi connectivity index (χ0) is 52.4. The molecule has 3 aromatic rings. The minimum absolute atomic E-state index is 0.185. The molecule has 0 fully saturated rings. The predicted octanol–water partition coefficient (Wildman–Crippen LogP) is 6.70. The fourth-order valence-electron chi connectivity index (χ4n) is 6.42. The SMILES string of the molecule is CCC(=O)NC(C(=O)N[C@@H](Cc1ccc(-c2cnn(C(F)F)c2)cc1)[C@@H](O)CN(Cc1c(F)cc(C(C=NC(F)F)=CN)cc1F)NC(=O)[C@@H](NC(=O)CC)C(C)(C)C(F)(F)F)C(C)(C)C(F)(F)F. The number of hydrogen-bond donors (Lipinski definition) is 6. The van der Waals surface area contributed by atoms with E-state index in [-0.39, 0.29) is 17.5 Å². The number of halogens is 12. The van der Waals surface area contributed by atoms with Gasteiger partial charge in [0.05, 0.1) is 29.2 Å². The van der Waals surface area contributed by atoms with Crippen LogP contribution in [-0.4, -0.2) is 99.4 Å². The second-order valence-electron chi connectivity index (χ2n) is 16.7. The second-order valence-corrected chi connectivity index (χ2v) is 16.7. The molecule has 0 radical (unpaired) electrons. The van der Waals surface area contributed by atoms with E-state index in [0.29, 0.717) is 67.5 Å². The molecule has 4 amide bonds. The summed E-state index contributed by atoms with van der Waals surface area (Å²) in [7, 11) is 0. The number of hydrogen-bond acceptors (Lipinski definition) is 9. The number of carbonyl (C=O) groups is 4. The molecule has 0 bridgehead atoms. The number of aliphatic imine (C=N–C) groups is 1. The van der Waals surface area contributed by atoms with Crippen molar-refractivity contribution in [3.63, 3.8) is 0 Å². The van der Waals surface area contributed by atoms with Crippen molar-refractivity contribution in [3.05, 3.63) is 83.3 Å². The Balaban J connectivity index is 2.22. The topological polar surface area (TPSA) is 196 Å². The lowest BCUT2D eigenvalue weighted by Gasteiger charge is -2.38. The number of amides is 4. The van der Waals surface area contributed by atoms with Gasteiger partial charge in [0, 0.05) is 61.2 Å². The van der Waals surface area contributed by atoms with Crippen LogP contribution in [0.5, 0.6) is 0 Å². The third-order valence-electron chi connectivity index (χ3n) is 11.0. The van der Waals surface area contributed by atoms with Crippen molar-refractivity contribution in [2.24, 2.45) is 21.6 Å². The lowest BCUT2D eigenvalue weighted by molar-refractivity contribution is -0.222.